The molecule has 1 rings (SSSR count). The van der Waals surface area contributed by atoms with E-state index in [9.17, 15) is 0 Å². The van der Waals surface area contributed by atoms with Gasteiger partial charge in [0.25, 0.3) is 0 Å². The molecule has 0 saturated carbocycles. The molecule has 3 nitrogen and oxygen atoms in total. The number of hydrogen-bond acceptors (Lipinski definition) is 3. The molecule has 84 valence electrons. The lowest BCUT2D eigenvalue weighted by atomic mass is 10.2. The Bertz CT molecular complexity index is 276. The maximum absolute atomic E-state index is 8.61. The fraction of sp³-hybridized carbons (Fsp3) is 0.500. The molecule has 15 heavy (non-hydrogen) atoms. The average Bonchev–Trinajstić information content (AvgIpc) is 2.29. The van der Waals surface area contributed by atoms with Gasteiger partial charge in [-0.2, -0.15) is 0 Å². The number of hydrogen-bond donors (Lipinski definition) is 2. The Balaban J connectivity index is 2.24. The van der Waals surface area contributed by atoms with Gasteiger partial charge in [0, 0.05) is 13.2 Å². The summed E-state index contributed by atoms with van der Waals surface area (Å²) in [7, 11) is 1.67. The van der Waals surface area contributed by atoms with Gasteiger partial charge in [0.05, 0.1) is 7.11 Å². The van der Waals surface area contributed by atoms with Crippen LogP contribution in [-0.4, -0.2) is 25.4 Å². The summed E-state index contributed by atoms with van der Waals surface area (Å²) in [4.78, 5) is 0. The Morgan fingerprint density at radius 1 is 1.33 bits per heavy atom. The van der Waals surface area contributed by atoms with Crippen molar-refractivity contribution in [1.29, 1.82) is 0 Å². The van der Waals surface area contributed by atoms with Crippen LogP contribution in [0.2, 0.25) is 0 Å². The van der Waals surface area contributed by atoms with Crippen LogP contribution in [-0.2, 0) is 6.54 Å². The van der Waals surface area contributed by atoms with Gasteiger partial charge in [-0.25, -0.2) is 0 Å². The van der Waals surface area contributed by atoms with Crippen molar-refractivity contribution in [2.45, 2.75) is 19.4 Å². The molecule has 0 aliphatic carbocycles. The Kier molecular flexibility index (Phi) is 5.81. The second-order valence-electron chi connectivity index (χ2n) is 3.46. The third-order valence-corrected chi connectivity index (χ3v) is 2.22. The summed E-state index contributed by atoms with van der Waals surface area (Å²) < 4.78 is 5.14. The second kappa shape index (κ2) is 7.26. The van der Waals surface area contributed by atoms with Crippen LogP contribution in [0.25, 0.3) is 0 Å². The van der Waals surface area contributed by atoms with Gasteiger partial charge in [-0.3, -0.25) is 0 Å². The molecule has 0 heterocycles. The van der Waals surface area contributed by atoms with Crippen LogP contribution >= 0.6 is 0 Å². The zero-order valence-electron chi connectivity index (χ0n) is 9.20. The molecular weight excluding hydrogens is 190 g/mol. The molecule has 0 saturated heterocycles. The van der Waals surface area contributed by atoms with E-state index in [0.717, 1.165) is 31.7 Å². The van der Waals surface area contributed by atoms with Gasteiger partial charge in [0.15, 0.2) is 0 Å². The van der Waals surface area contributed by atoms with Crippen molar-refractivity contribution >= 4 is 0 Å². The summed E-state index contributed by atoms with van der Waals surface area (Å²) in [6, 6.07) is 8.03. The molecule has 1 aromatic carbocycles. The van der Waals surface area contributed by atoms with E-state index in [0.29, 0.717) is 0 Å². The standard InChI is InChI=1S/C12H19NO2/c1-15-12-6-4-5-11(9-12)10-13-7-2-3-8-14/h4-6,9,13-14H,2-3,7-8,10H2,1H3. The van der Waals surface area contributed by atoms with E-state index < -0.39 is 0 Å². The number of nitrogens with one attached hydrogen (secondary N) is 1. The summed E-state index contributed by atoms with van der Waals surface area (Å²) >= 11 is 0. The molecule has 0 atom stereocenters. The largest absolute Gasteiger partial charge is 0.497 e. The first-order chi connectivity index (χ1) is 7.36. The molecule has 0 amide bonds. The molecule has 0 radical (unpaired) electrons. The first-order valence-electron chi connectivity index (χ1n) is 5.31. The number of unbranched alkanes of at least 4 members (excludes halogenated alkanes) is 1. The lowest BCUT2D eigenvalue weighted by molar-refractivity contribution is 0.283. The molecule has 0 bridgehead atoms. The number of aliphatic hydroxyl groups excluding tert-OH is 1. The van der Waals surface area contributed by atoms with Crippen molar-refractivity contribution in [1.82, 2.24) is 5.32 Å². The van der Waals surface area contributed by atoms with E-state index in [2.05, 4.69) is 11.4 Å². The monoisotopic (exact) mass is 209 g/mol. The Morgan fingerprint density at radius 3 is 2.93 bits per heavy atom. The fourth-order valence-electron chi connectivity index (χ4n) is 1.38. The summed E-state index contributed by atoms with van der Waals surface area (Å²) in [6.45, 7) is 2.07. The highest BCUT2D eigenvalue weighted by Gasteiger charge is 1.95. The highest BCUT2D eigenvalue weighted by atomic mass is 16.5. The maximum atomic E-state index is 8.61. The Labute approximate surface area is 91.1 Å². The first kappa shape index (κ1) is 12.0. The smallest absolute Gasteiger partial charge is 0.119 e. The predicted molar refractivity (Wildman–Crippen MR) is 61.0 cm³/mol. The van der Waals surface area contributed by atoms with Crippen molar-refractivity contribution in [2.24, 2.45) is 0 Å². The van der Waals surface area contributed by atoms with E-state index in [-0.39, 0.29) is 6.61 Å². The fourth-order valence-corrected chi connectivity index (χ4v) is 1.38. The number of ether oxygens (including phenoxy) is 1. The molecular formula is C12H19NO2. The lowest BCUT2D eigenvalue weighted by Gasteiger charge is -2.06. The molecule has 0 fully saturated rings. The minimum atomic E-state index is 0.279. The van der Waals surface area contributed by atoms with E-state index in [1.165, 1.54) is 5.56 Å². The van der Waals surface area contributed by atoms with Crippen LogP contribution in [0.3, 0.4) is 0 Å². The van der Waals surface area contributed by atoms with Crippen LogP contribution in [0.5, 0.6) is 5.75 Å². The highest BCUT2D eigenvalue weighted by molar-refractivity contribution is 5.28. The summed E-state index contributed by atoms with van der Waals surface area (Å²) in [6.07, 6.45) is 1.88. The third-order valence-electron chi connectivity index (χ3n) is 2.22. The van der Waals surface area contributed by atoms with Crippen molar-refractivity contribution in [3.63, 3.8) is 0 Å². The summed E-state index contributed by atoms with van der Waals surface area (Å²) in [5, 5.41) is 11.9. The molecule has 2 N–H and O–H groups in total. The van der Waals surface area contributed by atoms with Gasteiger partial charge < -0.3 is 15.2 Å². The topological polar surface area (TPSA) is 41.5 Å². The normalized spacial score (nSPS) is 10.3. The van der Waals surface area contributed by atoms with Crippen molar-refractivity contribution in [3.05, 3.63) is 29.8 Å². The Morgan fingerprint density at radius 2 is 2.20 bits per heavy atom. The molecule has 0 aliphatic rings. The number of benzene rings is 1. The zero-order valence-corrected chi connectivity index (χ0v) is 9.20. The van der Waals surface area contributed by atoms with Crippen LogP contribution in [0.15, 0.2) is 24.3 Å². The van der Waals surface area contributed by atoms with E-state index in [1.54, 1.807) is 7.11 Å². The van der Waals surface area contributed by atoms with E-state index >= 15 is 0 Å². The number of methoxy groups -OCH3 is 1. The van der Waals surface area contributed by atoms with Gasteiger partial charge >= 0.3 is 0 Å². The van der Waals surface area contributed by atoms with Crippen LogP contribution < -0.4 is 10.1 Å². The summed E-state index contributed by atoms with van der Waals surface area (Å²) in [5.74, 6) is 0.893. The van der Waals surface area contributed by atoms with Crippen LogP contribution in [0, 0.1) is 0 Å². The molecule has 1 aromatic rings. The van der Waals surface area contributed by atoms with Crippen molar-refractivity contribution in [2.75, 3.05) is 20.3 Å². The maximum Gasteiger partial charge on any atom is 0.119 e. The highest BCUT2D eigenvalue weighted by Crippen LogP contribution is 2.11. The van der Waals surface area contributed by atoms with Gasteiger partial charge in [0.2, 0.25) is 0 Å². The van der Waals surface area contributed by atoms with E-state index in [1.807, 2.05) is 18.2 Å². The minimum Gasteiger partial charge on any atom is -0.497 e. The second-order valence-corrected chi connectivity index (χ2v) is 3.46. The Hall–Kier alpha value is -1.06. The zero-order chi connectivity index (χ0) is 10.9. The number of rotatable bonds is 7. The molecule has 3 heteroatoms. The molecule has 0 spiro atoms. The lowest BCUT2D eigenvalue weighted by Crippen LogP contribution is -2.14. The average molecular weight is 209 g/mol. The quantitative estimate of drug-likeness (QED) is 0.670. The van der Waals surface area contributed by atoms with Crippen LogP contribution in [0.1, 0.15) is 18.4 Å². The molecule has 0 aliphatic heterocycles. The third kappa shape index (κ3) is 4.81. The van der Waals surface area contributed by atoms with Gasteiger partial charge in [0.1, 0.15) is 5.75 Å². The summed E-state index contributed by atoms with van der Waals surface area (Å²) in [5.41, 5.74) is 1.22. The van der Waals surface area contributed by atoms with Crippen molar-refractivity contribution < 1.29 is 9.84 Å². The van der Waals surface area contributed by atoms with Crippen LogP contribution in [0.4, 0.5) is 0 Å². The van der Waals surface area contributed by atoms with E-state index in [4.69, 9.17) is 9.84 Å². The minimum absolute atomic E-state index is 0.279. The number of aliphatic hydroxyl groups is 1. The van der Waals surface area contributed by atoms with Gasteiger partial charge in [-0.15, -0.1) is 0 Å². The predicted octanol–water partition coefficient (Wildman–Crippen LogP) is 1.56. The SMILES string of the molecule is COc1cccc(CNCCCCO)c1. The van der Waals surface area contributed by atoms with Gasteiger partial charge in [-0.1, -0.05) is 12.1 Å². The molecule has 0 aromatic heterocycles. The molecule has 0 unspecified atom stereocenters. The van der Waals surface area contributed by atoms with Gasteiger partial charge in [-0.05, 0) is 37.1 Å². The first-order valence-corrected chi connectivity index (χ1v) is 5.31. The van der Waals surface area contributed by atoms with Crippen molar-refractivity contribution in [3.8, 4) is 5.75 Å².